The van der Waals surface area contributed by atoms with Crippen LogP contribution in [-0.4, -0.2) is 17.0 Å². The maximum Gasteiger partial charge on any atom is 0.304 e. The van der Waals surface area contributed by atoms with Gasteiger partial charge in [-0.2, -0.15) is 0 Å². The summed E-state index contributed by atoms with van der Waals surface area (Å²) in [7, 11) is 0. The van der Waals surface area contributed by atoms with E-state index in [4.69, 9.17) is 16.7 Å². The third-order valence-corrected chi connectivity index (χ3v) is 4.21. The summed E-state index contributed by atoms with van der Waals surface area (Å²) in [5.41, 5.74) is 3.76. The van der Waals surface area contributed by atoms with Crippen LogP contribution in [-0.2, 0) is 16.0 Å². The minimum absolute atomic E-state index is 0.223. The van der Waals surface area contributed by atoms with Crippen molar-refractivity contribution in [2.45, 2.75) is 26.7 Å². The Morgan fingerprint density at radius 1 is 1.08 bits per heavy atom. The van der Waals surface area contributed by atoms with Crippen molar-refractivity contribution in [3.05, 3.63) is 64.2 Å². The molecule has 126 valence electrons. The monoisotopic (exact) mass is 345 g/mol. The molecule has 0 spiro atoms. The van der Waals surface area contributed by atoms with Gasteiger partial charge in [-0.3, -0.25) is 9.59 Å². The van der Waals surface area contributed by atoms with Gasteiger partial charge in [-0.05, 0) is 61.2 Å². The van der Waals surface area contributed by atoms with Crippen molar-refractivity contribution in [2.24, 2.45) is 5.92 Å². The molecule has 1 atom stereocenters. The van der Waals surface area contributed by atoms with Gasteiger partial charge in [-0.25, -0.2) is 0 Å². The quantitative estimate of drug-likeness (QED) is 0.823. The third-order valence-electron chi connectivity index (χ3n) is 3.96. The standard InChI is InChI=1S/C19H20ClNO3/c1-12-3-8-17(9-13(12)2)21-19(24)15(11-18(22)23)10-14-4-6-16(20)7-5-14/h3-9,15H,10-11H2,1-2H3,(H,21,24)(H,22,23)/t15-/m1/s1. The Morgan fingerprint density at radius 3 is 2.33 bits per heavy atom. The second-order valence-corrected chi connectivity index (χ2v) is 6.35. The lowest BCUT2D eigenvalue weighted by molar-refractivity contribution is -0.140. The molecule has 24 heavy (non-hydrogen) atoms. The Morgan fingerprint density at radius 2 is 1.75 bits per heavy atom. The number of hydrogen-bond donors (Lipinski definition) is 2. The number of nitrogens with one attached hydrogen (secondary N) is 1. The first-order chi connectivity index (χ1) is 11.3. The third kappa shape index (κ3) is 5.10. The first kappa shape index (κ1) is 18.0. The molecule has 0 aliphatic rings. The number of carboxylic acid groups (broad SMARTS) is 1. The van der Waals surface area contributed by atoms with Crippen LogP contribution in [0.1, 0.15) is 23.1 Å². The van der Waals surface area contributed by atoms with Gasteiger partial charge in [0.05, 0.1) is 12.3 Å². The van der Waals surface area contributed by atoms with Crippen molar-refractivity contribution in [1.29, 1.82) is 0 Å². The summed E-state index contributed by atoms with van der Waals surface area (Å²) in [6.45, 7) is 3.96. The van der Waals surface area contributed by atoms with E-state index in [2.05, 4.69) is 5.32 Å². The number of aliphatic carboxylic acids is 1. The molecule has 1 amide bonds. The molecular weight excluding hydrogens is 326 g/mol. The SMILES string of the molecule is Cc1ccc(NC(=O)[C@@H](CC(=O)O)Cc2ccc(Cl)cc2)cc1C. The Bertz CT molecular complexity index is 741. The van der Waals surface area contributed by atoms with Gasteiger partial charge in [0.15, 0.2) is 0 Å². The van der Waals surface area contributed by atoms with Crippen LogP contribution in [0, 0.1) is 19.8 Å². The van der Waals surface area contributed by atoms with Crippen molar-refractivity contribution < 1.29 is 14.7 Å². The number of carbonyl (C=O) groups excluding carboxylic acids is 1. The molecule has 0 aromatic heterocycles. The predicted octanol–water partition coefficient (Wildman–Crippen LogP) is 4.23. The van der Waals surface area contributed by atoms with Crippen LogP contribution in [0.25, 0.3) is 0 Å². The molecule has 0 unspecified atom stereocenters. The lowest BCUT2D eigenvalue weighted by Crippen LogP contribution is -2.27. The zero-order valence-corrected chi connectivity index (χ0v) is 14.4. The van der Waals surface area contributed by atoms with E-state index in [9.17, 15) is 9.59 Å². The van der Waals surface area contributed by atoms with Gasteiger partial charge < -0.3 is 10.4 Å². The molecule has 0 aliphatic heterocycles. The summed E-state index contributed by atoms with van der Waals surface area (Å²) in [6.07, 6.45) is 0.124. The molecule has 5 heteroatoms. The molecule has 2 rings (SSSR count). The van der Waals surface area contributed by atoms with E-state index in [1.165, 1.54) is 0 Å². The predicted molar refractivity (Wildman–Crippen MR) is 95.4 cm³/mol. The van der Waals surface area contributed by atoms with E-state index in [-0.39, 0.29) is 12.3 Å². The van der Waals surface area contributed by atoms with E-state index in [1.54, 1.807) is 24.3 Å². The Balaban J connectivity index is 2.13. The summed E-state index contributed by atoms with van der Waals surface area (Å²) in [5.74, 6) is -1.94. The normalized spacial score (nSPS) is 11.8. The minimum atomic E-state index is -0.996. The molecule has 0 bridgehead atoms. The molecule has 2 aromatic carbocycles. The van der Waals surface area contributed by atoms with E-state index in [0.29, 0.717) is 17.1 Å². The maximum absolute atomic E-state index is 12.5. The maximum atomic E-state index is 12.5. The van der Waals surface area contributed by atoms with Crippen LogP contribution >= 0.6 is 11.6 Å². The molecule has 2 aromatic rings. The number of anilines is 1. The van der Waals surface area contributed by atoms with E-state index >= 15 is 0 Å². The minimum Gasteiger partial charge on any atom is -0.481 e. The summed E-state index contributed by atoms with van der Waals surface area (Å²) in [5, 5.41) is 12.5. The fourth-order valence-electron chi connectivity index (χ4n) is 2.44. The fourth-order valence-corrected chi connectivity index (χ4v) is 2.56. The molecule has 4 nitrogen and oxygen atoms in total. The number of carboxylic acids is 1. The highest BCUT2D eigenvalue weighted by molar-refractivity contribution is 6.30. The number of halogens is 1. The molecule has 0 saturated heterocycles. The van der Waals surface area contributed by atoms with Gasteiger partial charge in [0.1, 0.15) is 0 Å². The molecular formula is C19H20ClNO3. The zero-order valence-electron chi connectivity index (χ0n) is 13.7. The smallest absolute Gasteiger partial charge is 0.304 e. The average Bonchev–Trinajstić information content (AvgIpc) is 2.52. The first-order valence-electron chi connectivity index (χ1n) is 7.69. The van der Waals surface area contributed by atoms with E-state index < -0.39 is 11.9 Å². The van der Waals surface area contributed by atoms with E-state index in [1.807, 2.05) is 32.0 Å². The summed E-state index contributed by atoms with van der Waals surface area (Å²) >= 11 is 5.86. The van der Waals surface area contributed by atoms with Gasteiger partial charge in [0.25, 0.3) is 0 Å². The zero-order chi connectivity index (χ0) is 17.7. The average molecular weight is 346 g/mol. The van der Waals surface area contributed by atoms with Crippen molar-refractivity contribution >= 4 is 29.2 Å². The highest BCUT2D eigenvalue weighted by Gasteiger charge is 2.22. The molecule has 0 fully saturated rings. The molecule has 0 radical (unpaired) electrons. The second-order valence-electron chi connectivity index (χ2n) is 5.91. The van der Waals surface area contributed by atoms with Gasteiger partial charge in [0.2, 0.25) is 5.91 Å². The first-order valence-corrected chi connectivity index (χ1v) is 8.07. The molecule has 0 aliphatic carbocycles. The lowest BCUT2D eigenvalue weighted by Gasteiger charge is -2.16. The van der Waals surface area contributed by atoms with Crippen LogP contribution < -0.4 is 5.32 Å². The van der Waals surface area contributed by atoms with Crippen molar-refractivity contribution in [3.63, 3.8) is 0 Å². The van der Waals surface area contributed by atoms with Crippen LogP contribution in [0.15, 0.2) is 42.5 Å². The topological polar surface area (TPSA) is 66.4 Å². The van der Waals surface area contributed by atoms with Gasteiger partial charge in [0, 0.05) is 10.7 Å². The van der Waals surface area contributed by atoms with Crippen LogP contribution in [0.5, 0.6) is 0 Å². The van der Waals surface area contributed by atoms with Crippen LogP contribution in [0.4, 0.5) is 5.69 Å². The van der Waals surface area contributed by atoms with Gasteiger partial charge in [-0.1, -0.05) is 29.8 Å². The van der Waals surface area contributed by atoms with Crippen molar-refractivity contribution in [2.75, 3.05) is 5.32 Å². The molecule has 2 N–H and O–H groups in total. The highest BCUT2D eigenvalue weighted by atomic mass is 35.5. The van der Waals surface area contributed by atoms with Crippen molar-refractivity contribution in [1.82, 2.24) is 0 Å². The molecule has 0 heterocycles. The number of rotatable bonds is 6. The summed E-state index contributed by atoms with van der Waals surface area (Å²) in [6, 6.07) is 12.7. The van der Waals surface area contributed by atoms with Crippen LogP contribution in [0.2, 0.25) is 5.02 Å². The summed E-state index contributed by atoms with van der Waals surface area (Å²) in [4.78, 5) is 23.6. The summed E-state index contributed by atoms with van der Waals surface area (Å²) < 4.78 is 0. The number of benzene rings is 2. The van der Waals surface area contributed by atoms with Crippen LogP contribution in [0.3, 0.4) is 0 Å². The van der Waals surface area contributed by atoms with Gasteiger partial charge >= 0.3 is 5.97 Å². The second kappa shape index (κ2) is 7.97. The van der Waals surface area contributed by atoms with Crippen molar-refractivity contribution in [3.8, 4) is 0 Å². The molecule has 0 saturated carbocycles. The van der Waals surface area contributed by atoms with Gasteiger partial charge in [-0.15, -0.1) is 0 Å². The highest BCUT2D eigenvalue weighted by Crippen LogP contribution is 2.19. The largest absolute Gasteiger partial charge is 0.481 e. The lowest BCUT2D eigenvalue weighted by atomic mass is 9.95. The fraction of sp³-hybridized carbons (Fsp3) is 0.263. The number of amides is 1. The Labute approximate surface area is 146 Å². The number of carbonyl (C=O) groups is 2. The number of hydrogen-bond acceptors (Lipinski definition) is 2. The Hall–Kier alpha value is -2.33. The van der Waals surface area contributed by atoms with E-state index in [0.717, 1.165) is 16.7 Å². The Kier molecular flexibility index (Phi) is 5.99. The number of aryl methyl sites for hydroxylation is 2.